The maximum atomic E-state index is 11.5. The van der Waals surface area contributed by atoms with Gasteiger partial charge in [-0.15, -0.1) is 0 Å². The average molecular weight is 180 g/mol. The van der Waals surface area contributed by atoms with Crippen LogP contribution in [-0.2, 0) is 9.53 Å². The van der Waals surface area contributed by atoms with Gasteiger partial charge in [0.2, 0.25) is 0 Å². The second kappa shape index (κ2) is 2.73. The van der Waals surface area contributed by atoms with Crippen LogP contribution in [0, 0.1) is 17.8 Å². The minimum atomic E-state index is 0.111. The smallest absolute Gasteiger partial charge is 0.309 e. The molecular weight excluding hydrogens is 164 g/mol. The van der Waals surface area contributed by atoms with Crippen LogP contribution >= 0.6 is 0 Å². The van der Waals surface area contributed by atoms with E-state index in [1.54, 1.807) is 0 Å². The molecule has 0 N–H and O–H groups in total. The van der Waals surface area contributed by atoms with E-state index >= 15 is 0 Å². The van der Waals surface area contributed by atoms with Gasteiger partial charge in [-0.2, -0.15) is 0 Å². The molecule has 13 heavy (non-hydrogen) atoms. The largest absolute Gasteiger partial charge is 0.462 e. The highest BCUT2D eigenvalue weighted by Gasteiger charge is 2.50. The highest BCUT2D eigenvalue weighted by Crippen LogP contribution is 2.49. The van der Waals surface area contributed by atoms with E-state index in [-0.39, 0.29) is 11.9 Å². The van der Waals surface area contributed by atoms with Gasteiger partial charge in [-0.3, -0.25) is 4.79 Å². The molecule has 0 amide bonds. The zero-order valence-corrected chi connectivity index (χ0v) is 7.87. The zero-order valence-electron chi connectivity index (χ0n) is 7.87. The van der Waals surface area contributed by atoms with Gasteiger partial charge in [0, 0.05) is 0 Å². The molecule has 2 aliphatic carbocycles. The first-order chi connectivity index (χ1) is 6.36. The van der Waals surface area contributed by atoms with Gasteiger partial charge in [-0.25, -0.2) is 0 Å². The summed E-state index contributed by atoms with van der Waals surface area (Å²) in [6.45, 7) is 0. The van der Waals surface area contributed by atoms with Crippen molar-refractivity contribution in [1.82, 2.24) is 0 Å². The molecule has 0 aromatic rings. The predicted octanol–water partition coefficient (Wildman–Crippen LogP) is 2.13. The first kappa shape index (κ1) is 7.84. The standard InChI is InChI=1S/C11H16O2/c12-11-9-5-6-10(13-11)8-4-2-1-3-7(8)9/h7-10H,1-6H2/t7-,8+,9-,10+/m0/s1. The lowest BCUT2D eigenvalue weighted by Crippen LogP contribution is -2.51. The van der Waals surface area contributed by atoms with Crippen LogP contribution in [0.5, 0.6) is 0 Å². The molecule has 2 saturated carbocycles. The summed E-state index contributed by atoms with van der Waals surface area (Å²) < 4.78 is 5.42. The molecule has 2 heterocycles. The van der Waals surface area contributed by atoms with Crippen molar-refractivity contribution in [2.45, 2.75) is 44.6 Å². The third kappa shape index (κ3) is 1.04. The zero-order chi connectivity index (χ0) is 8.84. The Morgan fingerprint density at radius 3 is 2.54 bits per heavy atom. The molecular formula is C11H16O2. The maximum Gasteiger partial charge on any atom is 0.309 e. The minimum absolute atomic E-state index is 0.111. The molecule has 2 saturated heterocycles. The number of hydrogen-bond donors (Lipinski definition) is 0. The molecule has 4 aliphatic rings. The Morgan fingerprint density at radius 2 is 1.77 bits per heavy atom. The number of fused-ring (bicyclic) bond motifs is 2. The van der Waals surface area contributed by atoms with Gasteiger partial charge in [-0.1, -0.05) is 12.8 Å². The Labute approximate surface area is 78.6 Å². The molecule has 0 spiro atoms. The van der Waals surface area contributed by atoms with E-state index in [1.807, 2.05) is 0 Å². The Balaban J connectivity index is 1.89. The quantitative estimate of drug-likeness (QED) is 0.534. The van der Waals surface area contributed by atoms with Crippen LogP contribution in [0.4, 0.5) is 0 Å². The number of hydrogen-bond acceptors (Lipinski definition) is 2. The van der Waals surface area contributed by atoms with Gasteiger partial charge in [-0.05, 0) is 37.5 Å². The third-order valence-corrected chi connectivity index (χ3v) is 4.20. The van der Waals surface area contributed by atoms with E-state index in [1.165, 1.54) is 25.7 Å². The van der Waals surface area contributed by atoms with E-state index in [0.29, 0.717) is 12.0 Å². The number of esters is 1. The van der Waals surface area contributed by atoms with Gasteiger partial charge in [0.05, 0.1) is 5.92 Å². The van der Waals surface area contributed by atoms with Gasteiger partial charge in [0.25, 0.3) is 0 Å². The second-order valence-corrected chi connectivity index (χ2v) is 4.77. The van der Waals surface area contributed by atoms with Crippen molar-refractivity contribution in [3.05, 3.63) is 0 Å². The molecule has 2 bridgehead atoms. The van der Waals surface area contributed by atoms with Gasteiger partial charge >= 0.3 is 5.97 Å². The lowest BCUT2D eigenvalue weighted by atomic mass is 9.62. The van der Waals surface area contributed by atoms with Crippen LogP contribution in [0.3, 0.4) is 0 Å². The fraction of sp³-hybridized carbons (Fsp3) is 0.909. The van der Waals surface area contributed by atoms with Crippen LogP contribution in [0.2, 0.25) is 0 Å². The molecule has 0 radical (unpaired) electrons. The number of ether oxygens (including phenoxy) is 1. The molecule has 0 unspecified atom stereocenters. The fourth-order valence-corrected chi connectivity index (χ4v) is 3.60. The van der Waals surface area contributed by atoms with Gasteiger partial charge < -0.3 is 4.74 Å². The van der Waals surface area contributed by atoms with Crippen molar-refractivity contribution >= 4 is 5.97 Å². The van der Waals surface area contributed by atoms with Gasteiger partial charge in [0.15, 0.2) is 0 Å². The molecule has 72 valence electrons. The predicted molar refractivity (Wildman–Crippen MR) is 48.1 cm³/mol. The van der Waals surface area contributed by atoms with Crippen LogP contribution in [0.25, 0.3) is 0 Å². The van der Waals surface area contributed by atoms with Crippen molar-refractivity contribution in [2.24, 2.45) is 17.8 Å². The Hall–Kier alpha value is -0.530. The van der Waals surface area contributed by atoms with Crippen molar-refractivity contribution < 1.29 is 9.53 Å². The molecule has 4 fully saturated rings. The molecule has 2 nitrogen and oxygen atoms in total. The van der Waals surface area contributed by atoms with Crippen LogP contribution in [0.1, 0.15) is 38.5 Å². The van der Waals surface area contributed by atoms with Crippen LogP contribution < -0.4 is 0 Å². The first-order valence-electron chi connectivity index (χ1n) is 5.57. The van der Waals surface area contributed by atoms with E-state index < -0.39 is 0 Å². The van der Waals surface area contributed by atoms with Crippen molar-refractivity contribution in [3.8, 4) is 0 Å². The minimum Gasteiger partial charge on any atom is -0.462 e. The second-order valence-electron chi connectivity index (χ2n) is 4.77. The summed E-state index contributed by atoms with van der Waals surface area (Å²) in [6.07, 6.45) is 7.80. The summed E-state index contributed by atoms with van der Waals surface area (Å²) in [7, 11) is 0. The molecule has 0 aromatic carbocycles. The first-order valence-corrected chi connectivity index (χ1v) is 5.57. The van der Waals surface area contributed by atoms with E-state index in [4.69, 9.17) is 4.74 Å². The summed E-state index contributed by atoms with van der Waals surface area (Å²) in [5.74, 6) is 1.80. The Kier molecular flexibility index (Phi) is 1.64. The highest BCUT2D eigenvalue weighted by molar-refractivity contribution is 5.74. The van der Waals surface area contributed by atoms with Gasteiger partial charge in [0.1, 0.15) is 6.10 Å². The summed E-state index contributed by atoms with van der Waals surface area (Å²) in [4.78, 5) is 11.5. The summed E-state index contributed by atoms with van der Waals surface area (Å²) in [6, 6.07) is 0. The van der Waals surface area contributed by atoms with E-state index in [0.717, 1.165) is 18.8 Å². The molecule has 2 aliphatic heterocycles. The number of rotatable bonds is 0. The lowest BCUT2D eigenvalue weighted by molar-refractivity contribution is -0.188. The van der Waals surface area contributed by atoms with E-state index in [9.17, 15) is 4.79 Å². The Morgan fingerprint density at radius 1 is 1.00 bits per heavy atom. The third-order valence-electron chi connectivity index (χ3n) is 4.20. The summed E-state index contributed by atoms with van der Waals surface area (Å²) in [5, 5.41) is 0. The fourth-order valence-electron chi connectivity index (χ4n) is 3.60. The lowest BCUT2D eigenvalue weighted by Gasteiger charge is -2.49. The topological polar surface area (TPSA) is 26.3 Å². The average Bonchev–Trinajstić information content (AvgIpc) is 2.19. The maximum absolute atomic E-state index is 11.5. The van der Waals surface area contributed by atoms with Crippen LogP contribution in [0.15, 0.2) is 0 Å². The monoisotopic (exact) mass is 180 g/mol. The highest BCUT2D eigenvalue weighted by atomic mass is 16.5. The molecule has 4 atom stereocenters. The van der Waals surface area contributed by atoms with Crippen LogP contribution in [-0.4, -0.2) is 12.1 Å². The molecule has 4 rings (SSSR count). The summed E-state index contributed by atoms with van der Waals surface area (Å²) >= 11 is 0. The Bertz CT molecular complexity index is 236. The number of carbonyl (C=O) groups is 1. The van der Waals surface area contributed by atoms with Crippen molar-refractivity contribution in [2.75, 3.05) is 0 Å². The van der Waals surface area contributed by atoms with E-state index in [2.05, 4.69) is 0 Å². The SMILES string of the molecule is O=C1O[C@@H]2CC[C@H]1[C@H]1CCCC[C@H]12. The van der Waals surface area contributed by atoms with Crippen molar-refractivity contribution in [3.63, 3.8) is 0 Å². The summed E-state index contributed by atoms with van der Waals surface area (Å²) in [5.41, 5.74) is 0. The van der Waals surface area contributed by atoms with Crippen molar-refractivity contribution in [1.29, 1.82) is 0 Å². The molecule has 0 aromatic heterocycles. The molecule has 2 heteroatoms. The number of carbonyl (C=O) groups excluding carboxylic acids is 1. The normalized spacial score (nSPS) is 48.5.